The van der Waals surface area contributed by atoms with Crippen LogP contribution in [-0.4, -0.2) is 50.2 Å². The van der Waals surface area contributed by atoms with Gasteiger partial charge in [-0.05, 0) is 50.8 Å². The van der Waals surface area contributed by atoms with Crippen molar-refractivity contribution in [1.29, 1.82) is 0 Å². The highest BCUT2D eigenvalue weighted by atomic mass is 16.2. The average molecular weight is 374 g/mol. The lowest BCUT2D eigenvalue weighted by Crippen LogP contribution is -3.19. The van der Waals surface area contributed by atoms with Gasteiger partial charge in [0.05, 0.1) is 26.2 Å². The normalized spacial score (nSPS) is 19.7. The van der Waals surface area contributed by atoms with Gasteiger partial charge in [-0.1, -0.05) is 25.0 Å². The van der Waals surface area contributed by atoms with E-state index in [1.165, 1.54) is 21.7 Å². The van der Waals surface area contributed by atoms with Crippen molar-refractivity contribution < 1.29 is 14.5 Å². The predicted octanol–water partition coefficient (Wildman–Crippen LogP) is 1.17. The van der Waals surface area contributed by atoms with Gasteiger partial charge in [-0.3, -0.25) is 10.1 Å². The average Bonchev–Trinajstić information content (AvgIpc) is 3.16. The van der Waals surface area contributed by atoms with Crippen LogP contribution in [0.5, 0.6) is 0 Å². The first-order valence-electron chi connectivity index (χ1n) is 10.2. The molecule has 1 aromatic rings. The van der Waals surface area contributed by atoms with E-state index >= 15 is 0 Å². The van der Waals surface area contributed by atoms with E-state index in [1.807, 2.05) is 6.92 Å². The molecule has 2 fully saturated rings. The number of benzene rings is 1. The Morgan fingerprint density at radius 2 is 1.81 bits per heavy atom. The van der Waals surface area contributed by atoms with Crippen molar-refractivity contribution in [3.05, 3.63) is 29.3 Å². The van der Waals surface area contributed by atoms with Crippen LogP contribution in [0, 0.1) is 13.8 Å². The molecule has 1 aliphatic carbocycles. The van der Waals surface area contributed by atoms with Crippen LogP contribution in [-0.2, 0) is 4.79 Å². The lowest BCUT2D eigenvalue weighted by molar-refractivity contribution is -0.914. The van der Waals surface area contributed by atoms with Crippen molar-refractivity contribution in [3.8, 4) is 0 Å². The van der Waals surface area contributed by atoms with E-state index in [0.29, 0.717) is 0 Å². The minimum atomic E-state index is -0.341. The Morgan fingerprint density at radius 1 is 1.15 bits per heavy atom. The van der Waals surface area contributed by atoms with Crippen LogP contribution in [0.25, 0.3) is 0 Å². The fraction of sp³-hybridized carbons (Fsp3) is 0.619. The number of carbonyl (C=O) groups excluding carboxylic acids is 2. The minimum Gasteiger partial charge on any atom is -0.360 e. The van der Waals surface area contributed by atoms with Crippen LogP contribution < -0.4 is 20.4 Å². The highest BCUT2D eigenvalue weighted by Crippen LogP contribution is 2.22. The molecule has 0 aromatic heterocycles. The summed E-state index contributed by atoms with van der Waals surface area (Å²) in [7, 11) is 0. The molecule has 1 saturated carbocycles. The molecular formula is C21H33N4O2+. The fourth-order valence-corrected chi connectivity index (χ4v) is 4.24. The summed E-state index contributed by atoms with van der Waals surface area (Å²) in [5.41, 5.74) is 3.93. The van der Waals surface area contributed by atoms with Crippen molar-refractivity contribution in [2.45, 2.75) is 58.5 Å². The summed E-state index contributed by atoms with van der Waals surface area (Å²) in [5.74, 6) is -0.180. The number of piperazine rings is 1. The molecule has 1 heterocycles. The second-order valence-electron chi connectivity index (χ2n) is 8.03. The second kappa shape index (κ2) is 8.74. The van der Waals surface area contributed by atoms with Crippen molar-refractivity contribution in [1.82, 2.24) is 10.6 Å². The van der Waals surface area contributed by atoms with Gasteiger partial charge in [0, 0.05) is 11.7 Å². The van der Waals surface area contributed by atoms with Gasteiger partial charge in [0.1, 0.15) is 0 Å². The zero-order valence-electron chi connectivity index (χ0n) is 16.8. The first-order valence-corrected chi connectivity index (χ1v) is 10.2. The van der Waals surface area contributed by atoms with E-state index in [1.54, 1.807) is 0 Å². The van der Waals surface area contributed by atoms with Crippen LogP contribution in [0.3, 0.4) is 0 Å². The minimum absolute atomic E-state index is 0.180. The number of hydrogen-bond acceptors (Lipinski definition) is 3. The number of hydrogen-bond donors (Lipinski definition) is 3. The Balaban J connectivity index is 1.48. The molecular weight excluding hydrogens is 340 g/mol. The molecule has 2 aliphatic rings. The molecule has 1 aromatic carbocycles. The zero-order chi connectivity index (χ0) is 19.4. The monoisotopic (exact) mass is 373 g/mol. The van der Waals surface area contributed by atoms with E-state index in [2.05, 4.69) is 47.6 Å². The van der Waals surface area contributed by atoms with Crippen LogP contribution in [0.4, 0.5) is 10.5 Å². The Kier molecular flexibility index (Phi) is 6.37. The number of aryl methyl sites for hydroxylation is 1. The van der Waals surface area contributed by atoms with Gasteiger partial charge >= 0.3 is 6.03 Å². The summed E-state index contributed by atoms with van der Waals surface area (Å²) in [4.78, 5) is 28.2. The van der Waals surface area contributed by atoms with Gasteiger partial charge in [-0.25, -0.2) is 4.79 Å². The highest BCUT2D eigenvalue weighted by molar-refractivity contribution is 5.96. The maximum absolute atomic E-state index is 12.5. The number of imide groups is 1. The molecule has 1 aliphatic heterocycles. The lowest BCUT2D eigenvalue weighted by atomic mass is 10.1. The molecule has 3 amide bonds. The van der Waals surface area contributed by atoms with Crippen molar-refractivity contribution in [3.63, 3.8) is 0 Å². The summed E-state index contributed by atoms with van der Waals surface area (Å²) in [6, 6.07) is 6.09. The number of nitrogens with zero attached hydrogens (tertiary/aromatic N) is 1. The van der Waals surface area contributed by atoms with Crippen LogP contribution >= 0.6 is 0 Å². The van der Waals surface area contributed by atoms with Crippen LogP contribution in [0.15, 0.2) is 18.2 Å². The summed E-state index contributed by atoms with van der Waals surface area (Å²) < 4.78 is 0. The van der Waals surface area contributed by atoms with E-state index in [0.717, 1.165) is 51.9 Å². The fourth-order valence-electron chi connectivity index (χ4n) is 4.24. The molecule has 0 radical (unpaired) electrons. The third-order valence-corrected chi connectivity index (χ3v) is 6.26. The van der Waals surface area contributed by atoms with Crippen molar-refractivity contribution in [2.75, 3.05) is 31.1 Å². The standard InChI is InChI=1S/C21H32N4O2/c1-15-7-6-10-19(16(15)2)25-13-11-24(12-14-25)17(3)20(26)23-21(27)22-18-8-4-5-9-18/h6-7,10,17-18H,4-5,8-9,11-14H2,1-3H3,(H2,22,23,26,27)/p+1/t17-/m0/s1. The smallest absolute Gasteiger partial charge is 0.321 e. The molecule has 1 atom stereocenters. The van der Waals surface area contributed by atoms with Crippen molar-refractivity contribution >= 4 is 17.6 Å². The van der Waals surface area contributed by atoms with Gasteiger partial charge in [0.15, 0.2) is 6.04 Å². The SMILES string of the molecule is Cc1cccc(N2CC[NH+]([C@@H](C)C(=O)NC(=O)NC3CCCC3)CC2)c1C. The largest absolute Gasteiger partial charge is 0.360 e. The van der Waals surface area contributed by atoms with E-state index in [-0.39, 0.29) is 24.0 Å². The molecule has 0 unspecified atom stereocenters. The quantitative estimate of drug-likeness (QED) is 0.742. The number of carbonyl (C=O) groups is 2. The van der Waals surface area contributed by atoms with Gasteiger partial charge < -0.3 is 15.1 Å². The summed E-state index contributed by atoms with van der Waals surface area (Å²) in [6.07, 6.45) is 4.35. The van der Waals surface area contributed by atoms with Crippen LogP contribution in [0.2, 0.25) is 0 Å². The van der Waals surface area contributed by atoms with Gasteiger partial charge in [0.25, 0.3) is 5.91 Å². The summed E-state index contributed by atoms with van der Waals surface area (Å²) in [6.45, 7) is 9.86. The topological polar surface area (TPSA) is 65.9 Å². The van der Waals surface area contributed by atoms with Crippen molar-refractivity contribution in [2.24, 2.45) is 0 Å². The summed E-state index contributed by atoms with van der Waals surface area (Å²) in [5, 5.41) is 5.46. The first kappa shape index (κ1) is 19.7. The molecule has 1 saturated heterocycles. The number of quaternary nitrogens is 1. The van der Waals surface area contributed by atoms with Gasteiger partial charge in [0.2, 0.25) is 0 Å². The first-order chi connectivity index (χ1) is 13.0. The Hall–Kier alpha value is -2.08. The van der Waals surface area contributed by atoms with Crippen LogP contribution in [0.1, 0.15) is 43.7 Å². The maximum Gasteiger partial charge on any atom is 0.321 e. The number of urea groups is 1. The molecule has 3 rings (SSSR count). The number of nitrogens with one attached hydrogen (secondary N) is 3. The Morgan fingerprint density at radius 3 is 2.48 bits per heavy atom. The Labute approximate surface area is 162 Å². The zero-order valence-corrected chi connectivity index (χ0v) is 16.8. The number of rotatable bonds is 4. The molecule has 0 bridgehead atoms. The molecule has 6 nitrogen and oxygen atoms in total. The molecule has 148 valence electrons. The molecule has 6 heteroatoms. The Bertz CT molecular complexity index is 677. The molecule has 3 N–H and O–H groups in total. The highest BCUT2D eigenvalue weighted by Gasteiger charge is 2.31. The van der Waals surface area contributed by atoms with Gasteiger partial charge in [-0.15, -0.1) is 0 Å². The van der Waals surface area contributed by atoms with E-state index in [9.17, 15) is 9.59 Å². The summed E-state index contributed by atoms with van der Waals surface area (Å²) >= 11 is 0. The molecule has 27 heavy (non-hydrogen) atoms. The lowest BCUT2D eigenvalue weighted by Gasteiger charge is -2.36. The third-order valence-electron chi connectivity index (χ3n) is 6.26. The van der Waals surface area contributed by atoms with Gasteiger partial charge in [-0.2, -0.15) is 0 Å². The number of amides is 3. The van der Waals surface area contributed by atoms with E-state index in [4.69, 9.17) is 0 Å². The maximum atomic E-state index is 12.5. The molecule has 0 spiro atoms. The number of anilines is 1. The third kappa shape index (κ3) is 4.80. The van der Waals surface area contributed by atoms with E-state index < -0.39 is 0 Å². The predicted molar refractivity (Wildman–Crippen MR) is 107 cm³/mol. The second-order valence-corrected chi connectivity index (χ2v) is 8.03.